The molecule has 2 heterocycles. The van der Waals surface area contributed by atoms with Gasteiger partial charge in [0, 0.05) is 36.1 Å². The van der Waals surface area contributed by atoms with E-state index in [4.69, 9.17) is 4.74 Å². The second kappa shape index (κ2) is 9.16. The van der Waals surface area contributed by atoms with Crippen LogP contribution in [0.1, 0.15) is 34.8 Å². The highest BCUT2D eigenvalue weighted by Gasteiger charge is 2.35. The lowest BCUT2D eigenvalue weighted by molar-refractivity contribution is -0.117. The molecule has 10 heteroatoms. The molecule has 0 bridgehead atoms. The van der Waals surface area contributed by atoms with Crippen LogP contribution >= 0.6 is 11.3 Å². The van der Waals surface area contributed by atoms with Crippen molar-refractivity contribution in [3.8, 4) is 17.2 Å². The molecule has 8 nitrogen and oxygen atoms in total. The van der Waals surface area contributed by atoms with E-state index in [-0.39, 0.29) is 35.1 Å². The molecule has 2 aromatic carbocycles. The lowest BCUT2D eigenvalue weighted by Crippen LogP contribution is -2.47. The summed E-state index contributed by atoms with van der Waals surface area (Å²) in [5, 5.41) is 19.0. The summed E-state index contributed by atoms with van der Waals surface area (Å²) in [6, 6.07) is 6.96. The van der Waals surface area contributed by atoms with Crippen LogP contribution in [-0.2, 0) is 21.5 Å². The maximum atomic E-state index is 14.3. The number of anilines is 1. The van der Waals surface area contributed by atoms with Crippen molar-refractivity contribution in [2.75, 3.05) is 19.0 Å². The molecule has 3 aromatic rings. The van der Waals surface area contributed by atoms with Gasteiger partial charge in [-0.05, 0) is 48.7 Å². The number of methoxy groups -OCH3 is 1. The first-order chi connectivity index (χ1) is 15.8. The monoisotopic (exact) mass is 471 g/mol. The Morgan fingerprint density at radius 3 is 2.85 bits per heavy atom. The fourth-order valence-electron chi connectivity index (χ4n) is 3.87. The Labute approximate surface area is 193 Å². The first-order valence-corrected chi connectivity index (χ1v) is 11.0. The summed E-state index contributed by atoms with van der Waals surface area (Å²) in [6.45, 7) is 2.53. The summed E-state index contributed by atoms with van der Waals surface area (Å²) in [7, 11) is 1.17. The van der Waals surface area contributed by atoms with Crippen LogP contribution in [0.15, 0.2) is 41.9 Å². The van der Waals surface area contributed by atoms with E-state index in [1.807, 2.05) is 6.92 Å². The van der Waals surface area contributed by atoms with Crippen molar-refractivity contribution in [3.05, 3.63) is 64.4 Å². The van der Waals surface area contributed by atoms with Crippen LogP contribution in [0.5, 0.6) is 17.2 Å². The number of thiazole rings is 1. The highest BCUT2D eigenvalue weighted by atomic mass is 32.1. The van der Waals surface area contributed by atoms with Crippen LogP contribution in [-0.4, -0.2) is 35.6 Å². The average Bonchev–Trinajstić information content (AvgIpc) is 3.27. The van der Waals surface area contributed by atoms with Crippen molar-refractivity contribution in [2.45, 2.75) is 25.3 Å². The minimum absolute atomic E-state index is 0.0994. The predicted molar refractivity (Wildman–Crippen MR) is 120 cm³/mol. The first kappa shape index (κ1) is 22.7. The van der Waals surface area contributed by atoms with E-state index in [2.05, 4.69) is 20.4 Å². The maximum Gasteiger partial charge on any atom is 0.340 e. The topological polar surface area (TPSA) is 110 Å². The number of esters is 1. The van der Waals surface area contributed by atoms with Gasteiger partial charge < -0.3 is 25.2 Å². The number of carbonyl (C=O) groups excluding carboxylic acids is 2. The molecule has 0 aliphatic carbocycles. The Morgan fingerprint density at radius 2 is 2.15 bits per heavy atom. The molecule has 4 rings (SSSR count). The number of halogens is 1. The molecule has 0 spiro atoms. The Morgan fingerprint density at radius 1 is 1.33 bits per heavy atom. The molecule has 1 atom stereocenters. The molecule has 0 saturated heterocycles. The zero-order valence-electron chi connectivity index (χ0n) is 18.0. The molecule has 33 heavy (non-hydrogen) atoms. The number of hydrogen-bond donors (Lipinski definition) is 3. The number of ether oxygens (including phenoxy) is 2. The maximum absolute atomic E-state index is 14.3. The third kappa shape index (κ3) is 4.81. The molecule has 0 unspecified atom stereocenters. The van der Waals surface area contributed by atoms with Gasteiger partial charge in [0.1, 0.15) is 11.6 Å². The Balaban J connectivity index is 1.60. The summed E-state index contributed by atoms with van der Waals surface area (Å²) >= 11 is 1.33. The second-order valence-electron chi connectivity index (χ2n) is 7.78. The SMILES string of the molecule is COC(=O)c1ccc(Oc2cc3c(cc2O)CCN[C@]3(C)CC(=O)Nc2nccs2)cc1F. The largest absolute Gasteiger partial charge is 0.504 e. The molecule has 1 aromatic heterocycles. The molecule has 1 aliphatic rings. The number of phenolic OH excluding ortho intramolecular Hbond substituents is 1. The number of rotatable bonds is 6. The number of aromatic hydroxyl groups is 1. The second-order valence-corrected chi connectivity index (χ2v) is 8.68. The van der Waals surface area contributed by atoms with Crippen LogP contribution in [0.2, 0.25) is 0 Å². The number of benzene rings is 2. The lowest BCUT2D eigenvalue weighted by Gasteiger charge is -2.37. The number of aromatic nitrogens is 1. The average molecular weight is 472 g/mol. The molecule has 1 amide bonds. The van der Waals surface area contributed by atoms with Gasteiger partial charge in [0.05, 0.1) is 12.7 Å². The van der Waals surface area contributed by atoms with Crippen molar-refractivity contribution < 1.29 is 28.6 Å². The van der Waals surface area contributed by atoms with Crippen molar-refractivity contribution >= 4 is 28.3 Å². The van der Waals surface area contributed by atoms with Crippen molar-refractivity contribution in [2.24, 2.45) is 0 Å². The van der Waals surface area contributed by atoms with Gasteiger partial charge >= 0.3 is 5.97 Å². The van der Waals surface area contributed by atoms with E-state index >= 15 is 0 Å². The number of amides is 1. The molecular formula is C23H22FN3O5S. The van der Waals surface area contributed by atoms with Gasteiger partial charge in [0.15, 0.2) is 16.6 Å². The van der Waals surface area contributed by atoms with E-state index in [0.29, 0.717) is 18.1 Å². The van der Waals surface area contributed by atoms with E-state index < -0.39 is 17.3 Å². The molecule has 0 radical (unpaired) electrons. The van der Waals surface area contributed by atoms with Gasteiger partial charge in [0.25, 0.3) is 0 Å². The minimum atomic E-state index is -0.804. The molecular weight excluding hydrogens is 449 g/mol. The van der Waals surface area contributed by atoms with Gasteiger partial charge in [0.2, 0.25) is 5.91 Å². The number of hydrogen-bond acceptors (Lipinski definition) is 8. The van der Waals surface area contributed by atoms with E-state index in [0.717, 1.165) is 17.2 Å². The summed E-state index contributed by atoms with van der Waals surface area (Å²) in [4.78, 5) is 28.3. The van der Waals surface area contributed by atoms with E-state index in [1.54, 1.807) is 23.7 Å². The van der Waals surface area contributed by atoms with Gasteiger partial charge in [-0.2, -0.15) is 0 Å². The third-order valence-corrected chi connectivity index (χ3v) is 6.14. The van der Waals surface area contributed by atoms with Gasteiger partial charge in [-0.15, -0.1) is 11.3 Å². The molecule has 0 saturated carbocycles. The van der Waals surface area contributed by atoms with E-state index in [1.165, 1.54) is 30.6 Å². The van der Waals surface area contributed by atoms with Gasteiger partial charge in [-0.3, -0.25) is 4.79 Å². The number of carbonyl (C=O) groups is 2. The molecule has 3 N–H and O–H groups in total. The fraction of sp³-hybridized carbons (Fsp3) is 0.261. The highest BCUT2D eigenvalue weighted by molar-refractivity contribution is 7.13. The smallest absolute Gasteiger partial charge is 0.340 e. The molecule has 1 aliphatic heterocycles. The lowest BCUT2D eigenvalue weighted by atomic mass is 9.81. The number of fused-ring (bicyclic) bond motifs is 1. The van der Waals surface area contributed by atoms with Crippen molar-refractivity contribution in [1.82, 2.24) is 10.3 Å². The van der Waals surface area contributed by atoms with Crippen LogP contribution < -0.4 is 15.4 Å². The third-order valence-electron chi connectivity index (χ3n) is 5.46. The van der Waals surface area contributed by atoms with Gasteiger partial charge in [-0.25, -0.2) is 14.2 Å². The summed E-state index contributed by atoms with van der Waals surface area (Å²) < 4.78 is 24.6. The Bertz CT molecular complexity index is 1200. The van der Waals surface area contributed by atoms with Crippen LogP contribution in [0.4, 0.5) is 9.52 Å². The van der Waals surface area contributed by atoms with Crippen molar-refractivity contribution in [3.63, 3.8) is 0 Å². The fourth-order valence-corrected chi connectivity index (χ4v) is 4.42. The quantitative estimate of drug-likeness (QED) is 0.467. The summed E-state index contributed by atoms with van der Waals surface area (Å²) in [5.41, 5.74) is 0.737. The Kier molecular flexibility index (Phi) is 6.30. The minimum Gasteiger partial charge on any atom is -0.504 e. The van der Waals surface area contributed by atoms with Gasteiger partial charge in [-0.1, -0.05) is 0 Å². The Hall–Kier alpha value is -3.50. The van der Waals surface area contributed by atoms with Crippen LogP contribution in [0.3, 0.4) is 0 Å². The van der Waals surface area contributed by atoms with E-state index in [9.17, 15) is 19.1 Å². The highest BCUT2D eigenvalue weighted by Crippen LogP contribution is 2.40. The molecule has 172 valence electrons. The number of nitrogens with one attached hydrogen (secondary N) is 2. The normalized spacial score (nSPS) is 17.2. The summed E-state index contributed by atoms with van der Waals surface area (Å²) in [6.07, 6.45) is 2.41. The number of phenols is 1. The standard InChI is InChI=1S/C23H22FN3O5S/c1-23(12-20(29)27-22-25-7-8-33-22)16-11-19(18(28)9-13(16)5-6-26-23)32-14-3-4-15(17(24)10-14)21(30)31-2/h3-4,7-11,26,28H,5-6,12H2,1-2H3,(H,25,27,29)/t23-/m1/s1. The first-order valence-electron chi connectivity index (χ1n) is 10.2. The van der Waals surface area contributed by atoms with Crippen molar-refractivity contribution in [1.29, 1.82) is 0 Å². The zero-order chi connectivity index (χ0) is 23.6. The zero-order valence-corrected chi connectivity index (χ0v) is 18.8. The number of nitrogens with zero attached hydrogens (tertiary/aromatic N) is 1. The predicted octanol–water partition coefficient (Wildman–Crippen LogP) is 3.96. The summed E-state index contributed by atoms with van der Waals surface area (Å²) in [5.74, 6) is -1.71. The van der Waals surface area contributed by atoms with Crippen LogP contribution in [0, 0.1) is 5.82 Å². The molecule has 0 fully saturated rings. The van der Waals surface area contributed by atoms with Crippen LogP contribution in [0.25, 0.3) is 0 Å².